The molecule has 0 aliphatic heterocycles. The molecule has 0 aromatic carbocycles. The quantitative estimate of drug-likeness (QED) is 0.779. The van der Waals surface area contributed by atoms with Crippen LogP contribution in [0.5, 0.6) is 0 Å². The van der Waals surface area contributed by atoms with Crippen LogP contribution in [0.4, 0.5) is 0 Å². The van der Waals surface area contributed by atoms with E-state index >= 15 is 0 Å². The van der Waals surface area contributed by atoms with E-state index in [1.165, 1.54) is 12.1 Å². The molecule has 1 rings (SSSR count). The second-order valence-corrected chi connectivity index (χ2v) is 3.99. The van der Waals surface area contributed by atoms with Gasteiger partial charge in [0.05, 0.1) is 0 Å². The van der Waals surface area contributed by atoms with Gasteiger partial charge in [0.25, 0.3) is 5.56 Å². The molecule has 1 amide bonds. The lowest BCUT2D eigenvalue weighted by Crippen LogP contribution is -2.33. The Morgan fingerprint density at radius 1 is 1.41 bits per heavy atom. The summed E-state index contributed by atoms with van der Waals surface area (Å²) in [5.41, 5.74) is 4.55. The lowest BCUT2D eigenvalue weighted by Gasteiger charge is -2.14. The molecule has 0 aliphatic carbocycles. The number of rotatable bonds is 4. The summed E-state index contributed by atoms with van der Waals surface area (Å²) < 4.78 is 1.11. The highest BCUT2D eigenvalue weighted by Crippen LogP contribution is 2.12. The largest absolute Gasteiger partial charge is 0.477 e. The van der Waals surface area contributed by atoms with Gasteiger partial charge in [0.1, 0.15) is 12.1 Å². The van der Waals surface area contributed by atoms with Crippen LogP contribution < -0.4 is 11.3 Å². The number of carboxylic acid groups (broad SMARTS) is 1. The van der Waals surface area contributed by atoms with Gasteiger partial charge in [0.2, 0.25) is 5.91 Å². The van der Waals surface area contributed by atoms with E-state index < -0.39 is 17.4 Å². The molecule has 6 heteroatoms. The third kappa shape index (κ3) is 2.72. The van der Waals surface area contributed by atoms with E-state index in [9.17, 15) is 14.4 Å². The second kappa shape index (κ2) is 4.82. The minimum absolute atomic E-state index is 0.00936. The van der Waals surface area contributed by atoms with Crippen molar-refractivity contribution in [2.24, 2.45) is 5.73 Å². The van der Waals surface area contributed by atoms with Crippen LogP contribution in [-0.4, -0.2) is 21.6 Å². The van der Waals surface area contributed by atoms with Crippen molar-refractivity contribution in [1.82, 2.24) is 4.57 Å². The number of hydrogen-bond donors (Lipinski definition) is 2. The van der Waals surface area contributed by atoms with Crippen LogP contribution in [0, 0.1) is 0 Å². The molecule has 0 fully saturated rings. The third-order valence-electron chi connectivity index (χ3n) is 2.34. The van der Waals surface area contributed by atoms with Gasteiger partial charge >= 0.3 is 5.97 Å². The SMILES string of the molecule is CC(C)c1ccc(C(=O)O)c(=O)n1CC(N)=O. The molecule has 0 unspecified atom stereocenters. The number of carboxylic acids is 1. The summed E-state index contributed by atoms with van der Waals surface area (Å²) in [5, 5.41) is 8.82. The topological polar surface area (TPSA) is 102 Å². The molecule has 0 aliphatic rings. The molecule has 0 saturated heterocycles. The highest BCUT2D eigenvalue weighted by molar-refractivity contribution is 5.87. The summed E-state index contributed by atoms with van der Waals surface area (Å²) in [7, 11) is 0. The Morgan fingerprint density at radius 2 is 2.00 bits per heavy atom. The monoisotopic (exact) mass is 238 g/mol. The molecule has 0 radical (unpaired) electrons. The zero-order valence-corrected chi connectivity index (χ0v) is 9.64. The molecule has 92 valence electrons. The van der Waals surface area contributed by atoms with E-state index in [2.05, 4.69) is 0 Å². The molecule has 1 aromatic rings. The van der Waals surface area contributed by atoms with Crippen LogP contribution in [-0.2, 0) is 11.3 Å². The van der Waals surface area contributed by atoms with Crippen molar-refractivity contribution < 1.29 is 14.7 Å². The van der Waals surface area contributed by atoms with E-state index in [0.717, 1.165) is 4.57 Å². The first-order chi connectivity index (χ1) is 7.84. The van der Waals surface area contributed by atoms with Crippen molar-refractivity contribution >= 4 is 11.9 Å². The number of aromatic carboxylic acids is 1. The lowest BCUT2D eigenvalue weighted by atomic mass is 10.1. The van der Waals surface area contributed by atoms with Crippen molar-refractivity contribution in [2.45, 2.75) is 26.3 Å². The normalized spacial score (nSPS) is 10.5. The Hall–Kier alpha value is -2.11. The Bertz CT molecular complexity index is 517. The fourth-order valence-corrected chi connectivity index (χ4v) is 1.58. The fraction of sp³-hybridized carbons (Fsp3) is 0.364. The van der Waals surface area contributed by atoms with E-state index in [-0.39, 0.29) is 18.0 Å². The zero-order chi connectivity index (χ0) is 13.2. The van der Waals surface area contributed by atoms with Crippen LogP contribution >= 0.6 is 0 Å². The van der Waals surface area contributed by atoms with E-state index in [0.29, 0.717) is 5.69 Å². The summed E-state index contributed by atoms with van der Waals surface area (Å²) in [5.74, 6) is -2.01. The lowest BCUT2D eigenvalue weighted by molar-refractivity contribution is -0.118. The first-order valence-electron chi connectivity index (χ1n) is 5.10. The van der Waals surface area contributed by atoms with Gasteiger partial charge in [-0.25, -0.2) is 4.79 Å². The van der Waals surface area contributed by atoms with Gasteiger partial charge in [0.15, 0.2) is 0 Å². The van der Waals surface area contributed by atoms with Gasteiger partial charge in [-0.1, -0.05) is 13.8 Å². The summed E-state index contributed by atoms with van der Waals surface area (Å²) in [6.45, 7) is 3.37. The number of carbonyl (C=O) groups is 2. The Kier molecular flexibility index (Phi) is 3.67. The Balaban J connectivity index is 3.47. The van der Waals surface area contributed by atoms with Crippen molar-refractivity contribution in [1.29, 1.82) is 0 Å². The van der Waals surface area contributed by atoms with E-state index in [1.54, 1.807) is 0 Å². The summed E-state index contributed by atoms with van der Waals surface area (Å²) >= 11 is 0. The average molecular weight is 238 g/mol. The van der Waals surface area contributed by atoms with Crippen molar-refractivity contribution in [3.05, 3.63) is 33.7 Å². The fourth-order valence-electron chi connectivity index (χ4n) is 1.58. The van der Waals surface area contributed by atoms with Gasteiger partial charge in [-0.3, -0.25) is 9.59 Å². The van der Waals surface area contributed by atoms with E-state index in [1.807, 2.05) is 13.8 Å². The van der Waals surface area contributed by atoms with Crippen LogP contribution in [0.2, 0.25) is 0 Å². The predicted molar refractivity (Wildman–Crippen MR) is 60.9 cm³/mol. The average Bonchev–Trinajstić information content (AvgIpc) is 2.19. The number of amides is 1. The maximum absolute atomic E-state index is 11.8. The number of aromatic nitrogens is 1. The Morgan fingerprint density at radius 3 is 2.41 bits per heavy atom. The minimum atomic E-state index is -1.32. The van der Waals surface area contributed by atoms with Gasteiger partial charge < -0.3 is 15.4 Å². The van der Waals surface area contributed by atoms with Gasteiger partial charge in [-0.15, -0.1) is 0 Å². The molecule has 0 bridgehead atoms. The number of primary amides is 1. The summed E-state index contributed by atoms with van der Waals surface area (Å²) in [4.78, 5) is 33.5. The highest BCUT2D eigenvalue weighted by Gasteiger charge is 2.16. The Labute approximate surface area is 97.7 Å². The van der Waals surface area contributed by atoms with Gasteiger partial charge in [-0.2, -0.15) is 0 Å². The molecular formula is C11H14N2O4. The van der Waals surface area contributed by atoms with Crippen molar-refractivity contribution in [3.8, 4) is 0 Å². The first-order valence-corrected chi connectivity index (χ1v) is 5.10. The number of carbonyl (C=O) groups excluding carboxylic acids is 1. The minimum Gasteiger partial charge on any atom is -0.477 e. The maximum atomic E-state index is 11.8. The molecule has 0 atom stereocenters. The number of nitrogens with zero attached hydrogens (tertiary/aromatic N) is 1. The van der Waals surface area contributed by atoms with Gasteiger partial charge in [-0.05, 0) is 18.1 Å². The number of nitrogens with two attached hydrogens (primary N) is 1. The van der Waals surface area contributed by atoms with E-state index in [4.69, 9.17) is 10.8 Å². The molecule has 0 saturated carbocycles. The first kappa shape index (κ1) is 13.0. The second-order valence-electron chi connectivity index (χ2n) is 3.99. The molecule has 0 spiro atoms. The van der Waals surface area contributed by atoms with Crippen molar-refractivity contribution in [2.75, 3.05) is 0 Å². The molecule has 1 aromatic heterocycles. The molecule has 6 nitrogen and oxygen atoms in total. The molecule has 1 heterocycles. The van der Waals surface area contributed by atoms with Crippen LogP contribution in [0.1, 0.15) is 35.8 Å². The summed E-state index contributed by atoms with van der Waals surface area (Å²) in [6, 6.07) is 2.77. The molecule has 17 heavy (non-hydrogen) atoms. The van der Waals surface area contributed by atoms with Crippen LogP contribution in [0.15, 0.2) is 16.9 Å². The molecular weight excluding hydrogens is 224 g/mol. The standard InChI is InChI=1S/C11H14N2O4/c1-6(2)8-4-3-7(11(16)17)10(15)13(8)5-9(12)14/h3-4,6H,5H2,1-2H3,(H2,12,14)(H,16,17). The van der Waals surface area contributed by atoms with Crippen molar-refractivity contribution in [3.63, 3.8) is 0 Å². The molecule has 3 N–H and O–H groups in total. The summed E-state index contributed by atoms with van der Waals surface area (Å²) in [6.07, 6.45) is 0. The predicted octanol–water partition coefficient (Wildman–Crippen LogP) is 0.155. The third-order valence-corrected chi connectivity index (χ3v) is 2.34. The number of hydrogen-bond acceptors (Lipinski definition) is 3. The van der Waals surface area contributed by atoms with Crippen LogP contribution in [0.25, 0.3) is 0 Å². The highest BCUT2D eigenvalue weighted by atomic mass is 16.4. The smallest absolute Gasteiger partial charge is 0.341 e. The zero-order valence-electron chi connectivity index (χ0n) is 9.64. The number of pyridine rings is 1. The van der Waals surface area contributed by atoms with Crippen LogP contribution in [0.3, 0.4) is 0 Å². The van der Waals surface area contributed by atoms with Gasteiger partial charge in [0, 0.05) is 5.69 Å². The maximum Gasteiger partial charge on any atom is 0.341 e.